The molecule has 1 aromatic carbocycles. The van der Waals surface area contributed by atoms with Gasteiger partial charge in [0.1, 0.15) is 0 Å². The van der Waals surface area contributed by atoms with Crippen molar-refractivity contribution in [2.75, 3.05) is 13.1 Å². The summed E-state index contributed by atoms with van der Waals surface area (Å²) in [5.74, 6) is -0.922. The molecule has 3 N–H and O–H groups in total. The van der Waals surface area contributed by atoms with Crippen LogP contribution < -0.4 is 10.6 Å². The van der Waals surface area contributed by atoms with Crippen molar-refractivity contribution in [2.45, 2.75) is 12.5 Å². The van der Waals surface area contributed by atoms with Crippen molar-refractivity contribution in [3.05, 3.63) is 35.9 Å². The molecule has 1 saturated heterocycles. The molecule has 0 radical (unpaired) electrons. The zero-order chi connectivity index (χ0) is 13.0. The Bertz CT molecular complexity index is 429. The van der Waals surface area contributed by atoms with Gasteiger partial charge in [0.2, 0.25) is 5.91 Å². The third kappa shape index (κ3) is 3.07. The Kier molecular flexibility index (Phi) is 3.94. The highest BCUT2D eigenvalue weighted by Gasteiger charge is 2.25. The molecule has 0 aliphatic carbocycles. The maximum Gasteiger partial charge on any atom is 0.330 e. The first-order valence-corrected chi connectivity index (χ1v) is 5.94. The van der Waals surface area contributed by atoms with Crippen LogP contribution in [0, 0.1) is 5.92 Å². The number of nitrogens with one attached hydrogen (secondary N) is 2. The van der Waals surface area contributed by atoms with E-state index in [1.807, 2.05) is 6.07 Å². The van der Waals surface area contributed by atoms with Crippen molar-refractivity contribution in [2.24, 2.45) is 5.92 Å². The minimum absolute atomic E-state index is 0.210. The molecular formula is C13H16N2O3. The minimum Gasteiger partial charge on any atom is -0.479 e. The van der Waals surface area contributed by atoms with Gasteiger partial charge in [-0.2, -0.15) is 0 Å². The molecule has 0 bridgehead atoms. The molecule has 1 amide bonds. The Morgan fingerprint density at radius 2 is 2.00 bits per heavy atom. The van der Waals surface area contributed by atoms with Crippen LogP contribution in [0.5, 0.6) is 0 Å². The Hall–Kier alpha value is -1.88. The van der Waals surface area contributed by atoms with Gasteiger partial charge in [0.15, 0.2) is 6.04 Å². The standard InChI is InChI=1S/C13H16N2O3/c16-11(6-9-7-14-8-9)15-12(13(17)18)10-4-2-1-3-5-10/h1-5,9,12,14H,6-8H2,(H,15,16)(H,17,18)/t12-/m0/s1. The van der Waals surface area contributed by atoms with Crippen molar-refractivity contribution in [3.8, 4) is 0 Å². The summed E-state index contributed by atoms with van der Waals surface area (Å²) >= 11 is 0. The molecule has 1 atom stereocenters. The van der Waals surface area contributed by atoms with Gasteiger partial charge < -0.3 is 15.7 Å². The smallest absolute Gasteiger partial charge is 0.330 e. The fourth-order valence-corrected chi connectivity index (χ4v) is 1.91. The van der Waals surface area contributed by atoms with Crippen molar-refractivity contribution in [1.29, 1.82) is 0 Å². The molecule has 1 aliphatic rings. The normalized spacial score (nSPS) is 16.7. The van der Waals surface area contributed by atoms with E-state index in [-0.39, 0.29) is 5.91 Å². The number of carbonyl (C=O) groups is 2. The predicted octanol–water partition coefficient (Wildman–Crippen LogP) is 0.538. The number of rotatable bonds is 5. The van der Waals surface area contributed by atoms with Crippen LogP contribution in [-0.4, -0.2) is 30.1 Å². The lowest BCUT2D eigenvalue weighted by molar-refractivity contribution is -0.142. The highest BCUT2D eigenvalue weighted by atomic mass is 16.4. The summed E-state index contributed by atoms with van der Waals surface area (Å²) in [6.45, 7) is 1.66. The summed E-state index contributed by atoms with van der Waals surface area (Å²) in [4.78, 5) is 22.9. The van der Waals surface area contributed by atoms with Crippen molar-refractivity contribution >= 4 is 11.9 Å². The van der Waals surface area contributed by atoms with Crippen LogP contribution in [0.15, 0.2) is 30.3 Å². The van der Waals surface area contributed by atoms with E-state index in [0.717, 1.165) is 13.1 Å². The summed E-state index contributed by atoms with van der Waals surface area (Å²) in [6, 6.07) is 7.76. The molecule has 0 unspecified atom stereocenters. The summed E-state index contributed by atoms with van der Waals surface area (Å²) in [6.07, 6.45) is 0.379. The summed E-state index contributed by atoms with van der Waals surface area (Å²) < 4.78 is 0. The molecule has 1 aromatic rings. The lowest BCUT2D eigenvalue weighted by Gasteiger charge is -2.27. The lowest BCUT2D eigenvalue weighted by Crippen LogP contribution is -2.45. The van der Waals surface area contributed by atoms with Crippen LogP contribution in [0.3, 0.4) is 0 Å². The van der Waals surface area contributed by atoms with Gasteiger partial charge in [-0.15, -0.1) is 0 Å². The molecule has 0 saturated carbocycles. The van der Waals surface area contributed by atoms with Gasteiger partial charge in [-0.3, -0.25) is 4.79 Å². The van der Waals surface area contributed by atoms with E-state index in [1.54, 1.807) is 24.3 Å². The van der Waals surface area contributed by atoms with Crippen molar-refractivity contribution < 1.29 is 14.7 Å². The molecule has 96 valence electrons. The second-order valence-electron chi connectivity index (χ2n) is 4.48. The predicted molar refractivity (Wildman–Crippen MR) is 65.9 cm³/mol. The molecule has 18 heavy (non-hydrogen) atoms. The van der Waals surface area contributed by atoms with Crippen LogP contribution in [0.4, 0.5) is 0 Å². The first-order valence-electron chi connectivity index (χ1n) is 5.94. The van der Waals surface area contributed by atoms with Crippen LogP contribution >= 0.6 is 0 Å². The van der Waals surface area contributed by atoms with Crippen molar-refractivity contribution in [1.82, 2.24) is 10.6 Å². The zero-order valence-electron chi connectivity index (χ0n) is 9.93. The first-order chi connectivity index (χ1) is 8.66. The maximum absolute atomic E-state index is 11.7. The highest BCUT2D eigenvalue weighted by molar-refractivity contribution is 5.84. The Labute approximate surface area is 105 Å². The Morgan fingerprint density at radius 3 is 2.50 bits per heavy atom. The van der Waals surface area contributed by atoms with E-state index in [1.165, 1.54) is 0 Å². The van der Waals surface area contributed by atoms with Crippen LogP contribution in [-0.2, 0) is 9.59 Å². The molecule has 5 nitrogen and oxygen atoms in total. The van der Waals surface area contributed by atoms with Gasteiger partial charge in [0.05, 0.1) is 0 Å². The van der Waals surface area contributed by atoms with E-state index >= 15 is 0 Å². The second-order valence-corrected chi connectivity index (χ2v) is 4.48. The fraction of sp³-hybridized carbons (Fsp3) is 0.385. The molecular weight excluding hydrogens is 232 g/mol. The molecule has 0 spiro atoms. The number of aliphatic carboxylic acids is 1. The van der Waals surface area contributed by atoms with E-state index < -0.39 is 12.0 Å². The quantitative estimate of drug-likeness (QED) is 0.710. The summed E-state index contributed by atoms with van der Waals surface area (Å²) in [5.41, 5.74) is 0.588. The number of carbonyl (C=O) groups excluding carboxylic acids is 1. The molecule has 2 rings (SSSR count). The lowest BCUT2D eigenvalue weighted by atomic mass is 9.98. The van der Waals surface area contributed by atoms with E-state index in [0.29, 0.717) is 17.9 Å². The number of benzene rings is 1. The minimum atomic E-state index is -1.04. The average Bonchev–Trinajstić information content (AvgIpc) is 2.31. The van der Waals surface area contributed by atoms with Crippen molar-refractivity contribution in [3.63, 3.8) is 0 Å². The SMILES string of the molecule is O=C(CC1CNC1)N[C@H](C(=O)O)c1ccccc1. The Morgan fingerprint density at radius 1 is 1.33 bits per heavy atom. The topological polar surface area (TPSA) is 78.4 Å². The maximum atomic E-state index is 11.7. The van der Waals surface area contributed by atoms with Gasteiger partial charge in [-0.25, -0.2) is 4.79 Å². The highest BCUT2D eigenvalue weighted by Crippen LogP contribution is 2.14. The summed E-state index contributed by atoms with van der Waals surface area (Å²) in [7, 11) is 0. The number of hydrogen-bond acceptors (Lipinski definition) is 3. The molecule has 0 aromatic heterocycles. The molecule has 1 fully saturated rings. The second kappa shape index (κ2) is 5.64. The number of amides is 1. The largest absolute Gasteiger partial charge is 0.479 e. The molecule has 5 heteroatoms. The van der Waals surface area contributed by atoms with Crippen LogP contribution in [0.2, 0.25) is 0 Å². The van der Waals surface area contributed by atoms with Gasteiger partial charge in [-0.1, -0.05) is 30.3 Å². The molecule has 1 heterocycles. The number of hydrogen-bond donors (Lipinski definition) is 3. The number of carboxylic acids is 1. The van der Waals surface area contributed by atoms with Gasteiger partial charge in [-0.05, 0) is 24.6 Å². The summed E-state index contributed by atoms with van der Waals surface area (Å²) in [5, 5.41) is 14.8. The van der Waals surface area contributed by atoms with Gasteiger partial charge in [0, 0.05) is 6.42 Å². The van der Waals surface area contributed by atoms with E-state index in [4.69, 9.17) is 5.11 Å². The third-order valence-corrected chi connectivity index (χ3v) is 3.03. The average molecular weight is 248 g/mol. The van der Waals surface area contributed by atoms with E-state index in [9.17, 15) is 9.59 Å². The van der Waals surface area contributed by atoms with E-state index in [2.05, 4.69) is 10.6 Å². The molecule has 1 aliphatic heterocycles. The van der Waals surface area contributed by atoms with Crippen LogP contribution in [0.1, 0.15) is 18.0 Å². The van der Waals surface area contributed by atoms with Gasteiger partial charge >= 0.3 is 5.97 Å². The van der Waals surface area contributed by atoms with Gasteiger partial charge in [0.25, 0.3) is 0 Å². The fourth-order valence-electron chi connectivity index (χ4n) is 1.91. The Balaban J connectivity index is 1.98. The number of carboxylic acid groups (broad SMARTS) is 1. The zero-order valence-corrected chi connectivity index (χ0v) is 9.93. The third-order valence-electron chi connectivity index (χ3n) is 3.03. The monoisotopic (exact) mass is 248 g/mol. The van der Waals surface area contributed by atoms with Crippen LogP contribution in [0.25, 0.3) is 0 Å². The first kappa shape index (κ1) is 12.6.